The van der Waals surface area contributed by atoms with Gasteiger partial charge in [0.1, 0.15) is 17.4 Å². The van der Waals surface area contributed by atoms with Crippen molar-refractivity contribution in [1.82, 2.24) is 0 Å². The monoisotopic (exact) mass is 204 g/mol. The summed E-state index contributed by atoms with van der Waals surface area (Å²) in [5, 5.41) is 0.813. The summed E-state index contributed by atoms with van der Waals surface area (Å²) in [4.78, 5) is 11.5. The summed E-state index contributed by atoms with van der Waals surface area (Å²) < 4.78 is 10.2. The zero-order chi connectivity index (χ0) is 10.8. The maximum atomic E-state index is 11.5. The van der Waals surface area contributed by atoms with E-state index in [1.807, 2.05) is 25.1 Å². The quantitative estimate of drug-likeness (QED) is 0.706. The normalized spacial score (nSPS) is 10.5. The van der Waals surface area contributed by atoms with Crippen LogP contribution in [0.1, 0.15) is 22.8 Å². The van der Waals surface area contributed by atoms with Crippen molar-refractivity contribution in [2.24, 2.45) is 0 Å². The van der Waals surface area contributed by atoms with Gasteiger partial charge in [-0.3, -0.25) is 0 Å². The Labute approximate surface area is 87.6 Å². The van der Waals surface area contributed by atoms with Crippen LogP contribution in [0.4, 0.5) is 0 Å². The molecule has 1 heterocycles. The minimum absolute atomic E-state index is 0.332. The summed E-state index contributed by atoms with van der Waals surface area (Å²) in [5.74, 6) is -0.332. The van der Waals surface area contributed by atoms with Crippen molar-refractivity contribution in [3.63, 3.8) is 0 Å². The molecule has 0 saturated carbocycles. The Kier molecular flexibility index (Phi) is 2.46. The summed E-state index contributed by atoms with van der Waals surface area (Å²) in [6.45, 7) is 4.13. The van der Waals surface area contributed by atoms with Gasteiger partial charge in [-0.1, -0.05) is 11.6 Å². The molecule has 2 aromatic rings. The molecule has 1 aromatic carbocycles. The largest absolute Gasteiger partial charge is 0.463 e. The van der Waals surface area contributed by atoms with Gasteiger partial charge in [0, 0.05) is 5.39 Å². The van der Waals surface area contributed by atoms with Gasteiger partial charge in [-0.05, 0) is 26.0 Å². The molecule has 3 heteroatoms. The molecular weight excluding hydrogens is 192 g/mol. The highest BCUT2D eigenvalue weighted by Gasteiger charge is 2.14. The molecule has 0 amide bonds. The van der Waals surface area contributed by atoms with Gasteiger partial charge in [0.05, 0.1) is 6.61 Å². The predicted octanol–water partition coefficient (Wildman–Crippen LogP) is 2.92. The lowest BCUT2D eigenvalue weighted by molar-refractivity contribution is 0.0527. The van der Waals surface area contributed by atoms with Crippen molar-refractivity contribution < 1.29 is 13.9 Å². The van der Waals surface area contributed by atoms with Crippen LogP contribution >= 0.6 is 0 Å². The number of furan rings is 1. The van der Waals surface area contributed by atoms with E-state index in [1.54, 1.807) is 6.92 Å². The number of benzene rings is 1. The fourth-order valence-electron chi connectivity index (χ4n) is 1.51. The maximum Gasteiger partial charge on any atom is 0.342 e. The van der Waals surface area contributed by atoms with Crippen LogP contribution in [-0.2, 0) is 4.74 Å². The minimum Gasteiger partial charge on any atom is -0.463 e. The Morgan fingerprint density at radius 3 is 3.00 bits per heavy atom. The third-order valence-corrected chi connectivity index (χ3v) is 2.22. The summed E-state index contributed by atoms with van der Waals surface area (Å²) in [6.07, 6.45) is 1.45. The first-order valence-electron chi connectivity index (χ1n) is 4.87. The van der Waals surface area contributed by atoms with E-state index in [0.29, 0.717) is 17.8 Å². The molecule has 78 valence electrons. The lowest BCUT2D eigenvalue weighted by Crippen LogP contribution is -2.03. The van der Waals surface area contributed by atoms with Gasteiger partial charge in [0.2, 0.25) is 0 Å². The zero-order valence-corrected chi connectivity index (χ0v) is 8.74. The fourth-order valence-corrected chi connectivity index (χ4v) is 1.51. The second kappa shape index (κ2) is 3.77. The molecule has 15 heavy (non-hydrogen) atoms. The van der Waals surface area contributed by atoms with E-state index in [2.05, 4.69) is 0 Å². The smallest absolute Gasteiger partial charge is 0.342 e. The number of rotatable bonds is 2. The zero-order valence-electron chi connectivity index (χ0n) is 8.74. The molecule has 0 aliphatic carbocycles. The van der Waals surface area contributed by atoms with Crippen molar-refractivity contribution in [2.75, 3.05) is 6.61 Å². The van der Waals surface area contributed by atoms with Gasteiger partial charge in [0.25, 0.3) is 0 Å². The summed E-state index contributed by atoms with van der Waals surface area (Å²) in [5.41, 5.74) is 2.30. The average molecular weight is 204 g/mol. The molecular formula is C12H12O3. The van der Waals surface area contributed by atoms with Crippen LogP contribution in [0, 0.1) is 6.92 Å². The second-order valence-corrected chi connectivity index (χ2v) is 3.37. The van der Waals surface area contributed by atoms with Crippen molar-refractivity contribution in [1.29, 1.82) is 0 Å². The van der Waals surface area contributed by atoms with E-state index in [-0.39, 0.29) is 5.97 Å². The van der Waals surface area contributed by atoms with Crippen LogP contribution in [-0.4, -0.2) is 12.6 Å². The first-order valence-corrected chi connectivity index (χ1v) is 4.87. The lowest BCUT2D eigenvalue weighted by atomic mass is 10.1. The van der Waals surface area contributed by atoms with Gasteiger partial charge < -0.3 is 9.15 Å². The first-order chi connectivity index (χ1) is 7.22. The number of fused-ring (bicyclic) bond motifs is 1. The fraction of sp³-hybridized carbons (Fsp3) is 0.250. The molecule has 1 aromatic heterocycles. The molecule has 0 aliphatic rings. The van der Waals surface area contributed by atoms with E-state index in [9.17, 15) is 4.79 Å². The van der Waals surface area contributed by atoms with Crippen molar-refractivity contribution in [3.8, 4) is 0 Å². The van der Waals surface area contributed by atoms with Crippen LogP contribution in [0.25, 0.3) is 11.0 Å². The number of esters is 1. The van der Waals surface area contributed by atoms with Crippen LogP contribution in [0.15, 0.2) is 28.9 Å². The summed E-state index contributed by atoms with van der Waals surface area (Å²) in [6, 6.07) is 5.72. The van der Waals surface area contributed by atoms with E-state index in [1.165, 1.54) is 6.26 Å². The number of aryl methyl sites for hydroxylation is 1. The van der Waals surface area contributed by atoms with Gasteiger partial charge in [-0.2, -0.15) is 0 Å². The van der Waals surface area contributed by atoms with Gasteiger partial charge in [-0.25, -0.2) is 4.79 Å². The van der Waals surface area contributed by atoms with Crippen molar-refractivity contribution >= 4 is 16.9 Å². The van der Waals surface area contributed by atoms with Gasteiger partial charge in [-0.15, -0.1) is 0 Å². The van der Waals surface area contributed by atoms with E-state index in [4.69, 9.17) is 9.15 Å². The molecule has 0 unspecified atom stereocenters. The Morgan fingerprint density at radius 1 is 1.47 bits per heavy atom. The third-order valence-electron chi connectivity index (χ3n) is 2.22. The van der Waals surface area contributed by atoms with Crippen LogP contribution < -0.4 is 0 Å². The van der Waals surface area contributed by atoms with Crippen LogP contribution in [0.2, 0.25) is 0 Å². The number of ether oxygens (including phenoxy) is 1. The van der Waals surface area contributed by atoms with Crippen LogP contribution in [0.5, 0.6) is 0 Å². The molecule has 0 N–H and O–H groups in total. The average Bonchev–Trinajstić information content (AvgIpc) is 2.60. The van der Waals surface area contributed by atoms with Crippen molar-refractivity contribution in [2.45, 2.75) is 13.8 Å². The third kappa shape index (κ3) is 1.73. The molecule has 3 nitrogen and oxygen atoms in total. The number of hydrogen-bond acceptors (Lipinski definition) is 3. The number of carbonyl (C=O) groups is 1. The Balaban J connectivity index is 2.52. The molecule has 0 radical (unpaired) electrons. The van der Waals surface area contributed by atoms with E-state index < -0.39 is 0 Å². The Hall–Kier alpha value is -1.77. The van der Waals surface area contributed by atoms with E-state index >= 15 is 0 Å². The number of hydrogen-bond donors (Lipinski definition) is 0. The maximum absolute atomic E-state index is 11.5. The standard InChI is InChI=1S/C12H12O3/c1-3-14-12(13)10-7-15-11-5-4-8(2)6-9(10)11/h4-7H,3H2,1-2H3. The highest BCUT2D eigenvalue weighted by atomic mass is 16.5. The molecule has 0 aliphatic heterocycles. The molecule has 0 saturated heterocycles. The lowest BCUT2D eigenvalue weighted by Gasteiger charge is -1.98. The Morgan fingerprint density at radius 2 is 2.27 bits per heavy atom. The highest BCUT2D eigenvalue weighted by Crippen LogP contribution is 2.22. The molecule has 0 bridgehead atoms. The summed E-state index contributed by atoms with van der Waals surface area (Å²) in [7, 11) is 0. The topological polar surface area (TPSA) is 39.4 Å². The van der Waals surface area contributed by atoms with Crippen LogP contribution in [0.3, 0.4) is 0 Å². The van der Waals surface area contributed by atoms with Crippen molar-refractivity contribution in [3.05, 3.63) is 35.6 Å². The highest BCUT2D eigenvalue weighted by molar-refractivity contribution is 6.03. The summed E-state index contributed by atoms with van der Waals surface area (Å²) >= 11 is 0. The Bertz CT molecular complexity index is 497. The predicted molar refractivity (Wildman–Crippen MR) is 56.9 cm³/mol. The first kappa shape index (κ1) is 9.77. The molecule has 0 fully saturated rings. The number of carbonyl (C=O) groups excluding carboxylic acids is 1. The molecule has 0 atom stereocenters. The van der Waals surface area contributed by atoms with Gasteiger partial charge in [0.15, 0.2) is 0 Å². The minimum atomic E-state index is -0.332. The van der Waals surface area contributed by atoms with E-state index in [0.717, 1.165) is 10.9 Å². The molecule has 2 rings (SSSR count). The molecule has 0 spiro atoms. The van der Waals surface area contributed by atoms with Gasteiger partial charge >= 0.3 is 5.97 Å². The second-order valence-electron chi connectivity index (χ2n) is 3.37. The SMILES string of the molecule is CCOC(=O)c1coc2ccc(C)cc12.